The van der Waals surface area contributed by atoms with Crippen LogP contribution >= 0.6 is 0 Å². The highest BCUT2D eigenvalue weighted by Crippen LogP contribution is 2.37. The first-order chi connectivity index (χ1) is 20.8. The normalized spacial score (nSPS) is 12.7. The Morgan fingerprint density at radius 1 is 0.860 bits per heavy atom. The van der Waals surface area contributed by atoms with E-state index in [2.05, 4.69) is 71.3 Å². The second-order valence-corrected chi connectivity index (χ2v) is 10.8. The number of non-ortho nitro benzene ring substituents is 1. The monoisotopic (exact) mass is 580 g/mol. The van der Waals surface area contributed by atoms with E-state index in [9.17, 15) is 14.9 Å². The molecule has 0 fully saturated rings. The van der Waals surface area contributed by atoms with E-state index in [-0.39, 0.29) is 17.6 Å². The molecule has 224 valence electrons. The van der Waals surface area contributed by atoms with Crippen LogP contribution in [0.1, 0.15) is 48.4 Å². The fourth-order valence-corrected chi connectivity index (χ4v) is 5.40. The van der Waals surface area contributed by atoms with Gasteiger partial charge in [0.15, 0.2) is 0 Å². The van der Waals surface area contributed by atoms with Crippen LogP contribution in [0.3, 0.4) is 0 Å². The molecule has 2 atom stereocenters. The van der Waals surface area contributed by atoms with Crippen LogP contribution in [0.25, 0.3) is 0 Å². The van der Waals surface area contributed by atoms with Crippen LogP contribution in [0.2, 0.25) is 0 Å². The number of hydrogen-bond donors (Lipinski definition) is 3. The number of nitrogens with zero attached hydrogens (tertiary/aromatic N) is 1. The first-order valence-electron chi connectivity index (χ1n) is 14.6. The average molecular weight is 581 g/mol. The molecular formula is C35H40N4O4. The lowest BCUT2D eigenvalue weighted by Crippen LogP contribution is -2.46. The molecule has 0 aliphatic heterocycles. The summed E-state index contributed by atoms with van der Waals surface area (Å²) in [7, 11) is 1.67. The maximum Gasteiger partial charge on any atom is 0.269 e. The number of amides is 1. The van der Waals surface area contributed by atoms with Crippen molar-refractivity contribution >= 4 is 11.6 Å². The third-order valence-corrected chi connectivity index (χ3v) is 7.72. The average Bonchev–Trinajstić information content (AvgIpc) is 3.04. The van der Waals surface area contributed by atoms with Crippen molar-refractivity contribution in [3.05, 3.63) is 142 Å². The van der Waals surface area contributed by atoms with Gasteiger partial charge in [0.2, 0.25) is 5.91 Å². The number of benzene rings is 4. The molecule has 4 aromatic carbocycles. The zero-order valence-electron chi connectivity index (χ0n) is 24.7. The second kappa shape index (κ2) is 15.1. The van der Waals surface area contributed by atoms with Crippen molar-refractivity contribution in [1.82, 2.24) is 10.6 Å². The Morgan fingerprint density at radius 2 is 1.42 bits per heavy atom. The highest BCUT2D eigenvalue weighted by molar-refractivity contribution is 5.82. The summed E-state index contributed by atoms with van der Waals surface area (Å²) in [4.78, 5) is 23.1. The van der Waals surface area contributed by atoms with Crippen molar-refractivity contribution in [2.24, 2.45) is 5.73 Å². The van der Waals surface area contributed by atoms with Gasteiger partial charge >= 0.3 is 0 Å². The summed E-state index contributed by atoms with van der Waals surface area (Å²) in [6.45, 7) is 2.75. The van der Waals surface area contributed by atoms with Gasteiger partial charge in [-0.1, -0.05) is 91.3 Å². The number of nitrogens with one attached hydrogen (secondary N) is 2. The molecule has 8 nitrogen and oxygen atoms in total. The number of ether oxygens (including phenoxy) is 1. The van der Waals surface area contributed by atoms with Crippen LogP contribution in [0.5, 0.6) is 5.75 Å². The Hall–Kier alpha value is -4.53. The Kier molecular flexibility index (Phi) is 11.0. The van der Waals surface area contributed by atoms with Crippen molar-refractivity contribution in [3.8, 4) is 5.75 Å². The topological polar surface area (TPSA) is 120 Å². The van der Waals surface area contributed by atoms with Gasteiger partial charge in [0.05, 0.1) is 23.6 Å². The lowest BCUT2D eigenvalue weighted by Gasteiger charge is -2.37. The van der Waals surface area contributed by atoms with Crippen molar-refractivity contribution in [2.75, 3.05) is 13.7 Å². The Labute approximate surface area is 253 Å². The summed E-state index contributed by atoms with van der Waals surface area (Å²) < 4.78 is 5.43. The molecule has 0 bridgehead atoms. The Bertz CT molecular complexity index is 1410. The molecular weight excluding hydrogens is 540 g/mol. The van der Waals surface area contributed by atoms with Crippen LogP contribution in [-0.2, 0) is 16.8 Å². The Morgan fingerprint density at radius 3 is 1.95 bits per heavy atom. The van der Waals surface area contributed by atoms with E-state index in [1.807, 2.05) is 31.2 Å². The van der Waals surface area contributed by atoms with E-state index >= 15 is 0 Å². The molecule has 0 spiro atoms. The molecule has 4 rings (SSSR count). The van der Waals surface area contributed by atoms with Crippen molar-refractivity contribution < 1.29 is 14.5 Å². The maximum absolute atomic E-state index is 12.7. The lowest BCUT2D eigenvalue weighted by molar-refractivity contribution is -0.384. The molecule has 0 aliphatic rings. The highest BCUT2D eigenvalue weighted by Gasteiger charge is 2.35. The first kappa shape index (κ1) is 31.4. The lowest BCUT2D eigenvalue weighted by atomic mass is 9.77. The van der Waals surface area contributed by atoms with Gasteiger partial charge in [-0.25, -0.2) is 0 Å². The molecule has 0 aromatic heterocycles. The molecule has 4 N–H and O–H groups in total. The van der Waals surface area contributed by atoms with Crippen LogP contribution in [-0.4, -0.2) is 36.6 Å². The van der Waals surface area contributed by atoms with Crippen LogP contribution in [0.15, 0.2) is 109 Å². The second-order valence-electron chi connectivity index (χ2n) is 10.8. The third kappa shape index (κ3) is 8.06. The fourth-order valence-electron chi connectivity index (χ4n) is 5.40. The van der Waals surface area contributed by atoms with E-state index in [0.29, 0.717) is 6.42 Å². The summed E-state index contributed by atoms with van der Waals surface area (Å²) in [5, 5.41) is 17.8. The fraction of sp³-hybridized carbons (Fsp3) is 0.286. The predicted molar refractivity (Wildman–Crippen MR) is 170 cm³/mol. The number of carbonyl (C=O) groups is 1. The molecule has 43 heavy (non-hydrogen) atoms. The molecule has 0 saturated carbocycles. The SMILES string of the molecule is COc1ccc(C(NCCCC[C@H](C)NC(=O)[C@@H](N)Cc2ccc([N+](=O)[O-])cc2)(c2ccccc2)c2ccccc2)cc1. The molecule has 0 saturated heterocycles. The summed E-state index contributed by atoms with van der Waals surface area (Å²) in [5.74, 6) is 0.581. The number of nitro groups is 1. The zero-order chi connectivity index (χ0) is 30.7. The summed E-state index contributed by atoms with van der Waals surface area (Å²) >= 11 is 0. The molecule has 0 radical (unpaired) electrons. The summed E-state index contributed by atoms with van der Waals surface area (Å²) in [5.41, 5.74) is 9.79. The number of carbonyl (C=O) groups excluding carboxylic acids is 1. The van der Waals surface area contributed by atoms with Gasteiger partial charge in [-0.15, -0.1) is 0 Å². The van der Waals surface area contributed by atoms with E-state index < -0.39 is 16.5 Å². The summed E-state index contributed by atoms with van der Waals surface area (Å²) in [6.07, 6.45) is 2.94. The van der Waals surface area contributed by atoms with Gasteiger partial charge in [0.1, 0.15) is 5.75 Å². The predicted octanol–water partition coefficient (Wildman–Crippen LogP) is 5.73. The number of hydrogen-bond acceptors (Lipinski definition) is 6. The van der Waals surface area contributed by atoms with Gasteiger partial charge < -0.3 is 15.8 Å². The minimum Gasteiger partial charge on any atom is -0.497 e. The first-order valence-corrected chi connectivity index (χ1v) is 14.6. The van der Waals surface area contributed by atoms with Gasteiger partial charge in [0.25, 0.3) is 5.69 Å². The standard InChI is InChI=1S/C35H40N4O4/c1-26(38-34(40)33(36)25-27-16-20-31(21-17-27)39(41)42)11-9-10-24-37-35(28-12-5-3-6-13-28,29-14-7-4-8-15-29)30-18-22-32(43-2)23-19-30/h3-8,12-23,26,33,37H,9-11,24-25,36H2,1-2H3,(H,38,40)/t26-,33-/m0/s1. The number of rotatable bonds is 15. The molecule has 0 unspecified atom stereocenters. The molecule has 1 amide bonds. The largest absolute Gasteiger partial charge is 0.497 e. The Balaban J connectivity index is 1.37. The smallest absolute Gasteiger partial charge is 0.269 e. The van der Waals surface area contributed by atoms with Crippen LogP contribution in [0.4, 0.5) is 5.69 Å². The van der Waals surface area contributed by atoms with E-state index in [1.54, 1.807) is 19.2 Å². The number of nitrogens with two attached hydrogens (primary N) is 1. The highest BCUT2D eigenvalue weighted by atomic mass is 16.6. The van der Waals surface area contributed by atoms with E-state index in [1.165, 1.54) is 12.1 Å². The molecule has 4 aromatic rings. The third-order valence-electron chi connectivity index (χ3n) is 7.72. The quantitative estimate of drug-likeness (QED) is 0.0715. The van der Waals surface area contributed by atoms with Crippen LogP contribution < -0.4 is 21.1 Å². The minimum absolute atomic E-state index is 0.0127. The van der Waals surface area contributed by atoms with E-state index in [0.717, 1.165) is 53.8 Å². The number of nitro benzene ring substituents is 1. The van der Waals surface area contributed by atoms with Crippen molar-refractivity contribution in [1.29, 1.82) is 0 Å². The minimum atomic E-state index is -0.729. The van der Waals surface area contributed by atoms with Crippen molar-refractivity contribution in [3.63, 3.8) is 0 Å². The number of unbranched alkanes of at least 4 members (excludes halogenated alkanes) is 1. The van der Waals surface area contributed by atoms with E-state index in [4.69, 9.17) is 10.5 Å². The zero-order valence-corrected chi connectivity index (χ0v) is 24.7. The van der Waals surface area contributed by atoms with Crippen LogP contribution in [0, 0.1) is 10.1 Å². The van der Waals surface area contributed by atoms with Gasteiger partial charge in [-0.2, -0.15) is 0 Å². The molecule has 0 heterocycles. The molecule has 0 aliphatic carbocycles. The molecule has 8 heteroatoms. The van der Waals surface area contributed by atoms with Crippen molar-refractivity contribution in [2.45, 2.75) is 50.2 Å². The van der Waals surface area contributed by atoms with Gasteiger partial charge in [-0.3, -0.25) is 20.2 Å². The van der Waals surface area contributed by atoms with Gasteiger partial charge in [-0.05, 0) is 67.1 Å². The van der Waals surface area contributed by atoms with Gasteiger partial charge in [0, 0.05) is 18.2 Å². The maximum atomic E-state index is 12.7. The summed E-state index contributed by atoms with van der Waals surface area (Å²) in [6, 6.07) is 34.5. The number of methoxy groups -OCH3 is 1.